The molecule has 0 fully saturated rings. The summed E-state index contributed by atoms with van der Waals surface area (Å²) in [6.07, 6.45) is -5.16. The molecule has 0 aliphatic rings. The van der Waals surface area contributed by atoms with Crippen LogP contribution in [0.15, 0.2) is 4.99 Å². The van der Waals surface area contributed by atoms with E-state index in [1.807, 2.05) is 0 Å². The molecule has 5 nitrogen and oxygen atoms in total. The third-order valence-corrected chi connectivity index (χ3v) is 1.86. The van der Waals surface area contributed by atoms with Crippen LogP contribution in [0, 0.1) is 6.92 Å². The maximum Gasteiger partial charge on any atom is 0.419 e. The molecule has 1 radical (unpaired) electrons. The van der Waals surface area contributed by atoms with Gasteiger partial charge < -0.3 is 5.11 Å². The van der Waals surface area contributed by atoms with Crippen molar-refractivity contribution in [1.82, 2.24) is 5.06 Å². The minimum Gasteiger partial charge on any atom is -0.856 e. The molecule has 1 atom stereocenters. The number of rotatable bonds is 5. The summed E-state index contributed by atoms with van der Waals surface area (Å²) in [6.45, 7) is 3.25. The van der Waals surface area contributed by atoms with Gasteiger partial charge in [-0.3, -0.25) is 14.6 Å². The second kappa shape index (κ2) is 10.8. The van der Waals surface area contributed by atoms with Gasteiger partial charge in [0.1, 0.15) is 0 Å². The summed E-state index contributed by atoms with van der Waals surface area (Å²) < 4.78 is 35.5. The summed E-state index contributed by atoms with van der Waals surface area (Å²) in [5.74, 6) is -2.62. The number of alkyl halides is 3. The van der Waals surface area contributed by atoms with E-state index in [2.05, 4.69) is 16.8 Å². The summed E-state index contributed by atoms with van der Waals surface area (Å²) in [5.41, 5.74) is 0. The molecule has 0 bridgehead atoms. The van der Waals surface area contributed by atoms with Crippen molar-refractivity contribution in [3.05, 3.63) is 6.92 Å². The molecule has 0 unspecified atom stereocenters. The molecule has 0 rings (SSSR count). The molecule has 0 aliphatic heterocycles. The number of nitrogens with zero attached hydrogens (tertiary/aromatic N) is 2. The van der Waals surface area contributed by atoms with Crippen LogP contribution in [0.4, 0.5) is 13.2 Å². The van der Waals surface area contributed by atoms with Gasteiger partial charge in [-0.05, 0) is 13.3 Å². The number of amides is 1. The number of hydroxylamine groups is 2. The van der Waals surface area contributed by atoms with Crippen LogP contribution in [0.25, 0.3) is 0 Å². The van der Waals surface area contributed by atoms with Crippen LogP contribution in [0.5, 0.6) is 0 Å². The van der Waals surface area contributed by atoms with Crippen molar-refractivity contribution in [3.63, 3.8) is 0 Å². The van der Waals surface area contributed by atoms with E-state index in [1.54, 1.807) is 0 Å². The van der Waals surface area contributed by atoms with Crippen molar-refractivity contribution in [2.45, 2.75) is 25.1 Å². The van der Waals surface area contributed by atoms with Crippen LogP contribution in [-0.2, 0) is 29.1 Å². The molecule has 0 aliphatic carbocycles. The molecule has 10 heteroatoms. The fourth-order valence-electron chi connectivity index (χ4n) is 0.853. The molecule has 0 aromatic rings. The first-order valence-electron chi connectivity index (χ1n) is 4.64. The number of aliphatic imine (C=N–C) groups is 1. The van der Waals surface area contributed by atoms with Crippen molar-refractivity contribution in [2.75, 3.05) is 14.2 Å². The quantitative estimate of drug-likeness (QED) is 0.207. The fraction of sp³-hybridized carbons (Fsp3) is 0.667. The molecule has 109 valence electrons. The third kappa shape index (κ3) is 10.5. The molecule has 0 saturated heterocycles. The first kappa shape index (κ1) is 24.1. The second-order valence-electron chi connectivity index (χ2n) is 3.20. The predicted octanol–water partition coefficient (Wildman–Crippen LogP) is 0.926. The molecule has 0 aromatic heterocycles. The summed E-state index contributed by atoms with van der Waals surface area (Å²) in [7, 11) is 2.63. The molecular weight excluding hydrogens is 433 g/mol. The Morgan fingerprint density at radius 3 is 2.37 bits per heavy atom. The minimum absolute atomic E-state index is 0. The largest absolute Gasteiger partial charge is 0.856 e. The topological polar surface area (TPSA) is 65.0 Å². The van der Waals surface area contributed by atoms with Gasteiger partial charge in [-0.2, -0.15) is 13.2 Å². The Balaban J connectivity index is -0.00000128. The third-order valence-electron chi connectivity index (χ3n) is 1.86. The number of halogens is 4. The summed E-state index contributed by atoms with van der Waals surface area (Å²) in [6, 6.07) is -1.11. The number of hydrogen-bond acceptors (Lipinski definition) is 4. The zero-order valence-corrected chi connectivity index (χ0v) is 15.9. The van der Waals surface area contributed by atoms with Crippen molar-refractivity contribution in [3.8, 4) is 0 Å². The molecule has 0 saturated carbocycles. The zero-order valence-electron chi connectivity index (χ0n) is 10.6. The Labute approximate surface area is 139 Å². The van der Waals surface area contributed by atoms with Crippen molar-refractivity contribution < 1.29 is 47.4 Å². The zero-order chi connectivity index (χ0) is 13.6. The van der Waals surface area contributed by atoms with Gasteiger partial charge in [0.25, 0.3) is 0 Å². The molecule has 1 amide bonds. The molecule has 19 heavy (non-hydrogen) atoms. The Hall–Kier alpha value is 0.0434. The van der Waals surface area contributed by atoms with E-state index < -0.39 is 24.0 Å². The molecule has 0 N–H and O–H groups in total. The van der Waals surface area contributed by atoms with Gasteiger partial charge in [0.15, 0.2) is 0 Å². The first-order chi connectivity index (χ1) is 7.68. The van der Waals surface area contributed by atoms with E-state index in [4.69, 9.17) is 0 Å². The molecule has 0 aromatic carbocycles. The summed E-state index contributed by atoms with van der Waals surface area (Å²) in [5, 5.41) is 11.4. The van der Waals surface area contributed by atoms with Crippen LogP contribution in [-0.4, -0.2) is 43.2 Å². The smallest absolute Gasteiger partial charge is 0.419 e. The monoisotopic (exact) mass is 446 g/mol. The van der Waals surface area contributed by atoms with Gasteiger partial charge in [0.05, 0.1) is 13.0 Å². The fourth-order valence-corrected chi connectivity index (χ4v) is 0.853. The average molecular weight is 448 g/mol. The van der Waals surface area contributed by atoms with E-state index >= 15 is 0 Å². The number of hydrogen-bond donors (Lipinski definition) is 0. The first-order valence-corrected chi connectivity index (χ1v) is 4.64. The SMILES string of the molecule is I.[CH2][C@H](CCC(=O)N(C)OC)N=C([O-])C(F)(F)F.[Zn]. The second-order valence-corrected chi connectivity index (χ2v) is 3.20. The van der Waals surface area contributed by atoms with E-state index in [0.717, 1.165) is 5.06 Å². The minimum atomic E-state index is -5.00. The van der Waals surface area contributed by atoms with Crippen LogP contribution in [0.2, 0.25) is 0 Å². The number of carbonyl (C=O) groups excluding carboxylic acids is 1. The van der Waals surface area contributed by atoms with Gasteiger partial charge in [-0.15, -0.1) is 24.0 Å². The van der Waals surface area contributed by atoms with E-state index in [1.165, 1.54) is 14.2 Å². The van der Waals surface area contributed by atoms with E-state index in [9.17, 15) is 23.1 Å². The normalized spacial score (nSPS) is 13.1. The average Bonchev–Trinajstić information content (AvgIpc) is 2.23. The van der Waals surface area contributed by atoms with Crippen LogP contribution in [0.3, 0.4) is 0 Å². The van der Waals surface area contributed by atoms with Crippen molar-refractivity contribution >= 4 is 35.8 Å². The van der Waals surface area contributed by atoms with Crippen molar-refractivity contribution in [1.29, 1.82) is 0 Å². The van der Waals surface area contributed by atoms with E-state index in [0.29, 0.717) is 0 Å². The Bertz CT molecular complexity index is 303. The van der Waals surface area contributed by atoms with Gasteiger partial charge in [-0.1, -0.05) is 0 Å². The summed E-state index contributed by atoms with van der Waals surface area (Å²) in [4.78, 5) is 18.6. The van der Waals surface area contributed by atoms with E-state index in [-0.39, 0.29) is 56.3 Å². The van der Waals surface area contributed by atoms with Crippen LogP contribution in [0.1, 0.15) is 12.8 Å². The number of carbonyl (C=O) groups is 1. The summed E-state index contributed by atoms with van der Waals surface area (Å²) >= 11 is 0. The Kier molecular flexibility index (Phi) is 13.7. The van der Waals surface area contributed by atoms with Gasteiger partial charge in [-0.25, -0.2) is 5.06 Å². The maximum absolute atomic E-state index is 11.8. The van der Waals surface area contributed by atoms with Crippen LogP contribution >= 0.6 is 24.0 Å². The molecular formula is C9H14F3IN2O3Zn-. The van der Waals surface area contributed by atoms with Gasteiger partial charge in [0, 0.05) is 39.0 Å². The van der Waals surface area contributed by atoms with Crippen LogP contribution < -0.4 is 5.11 Å². The maximum atomic E-state index is 11.8. The molecule has 0 spiro atoms. The van der Waals surface area contributed by atoms with Crippen molar-refractivity contribution in [2.24, 2.45) is 4.99 Å². The Morgan fingerprint density at radius 2 is 2.00 bits per heavy atom. The predicted molar refractivity (Wildman–Crippen MR) is 67.1 cm³/mol. The Morgan fingerprint density at radius 1 is 1.53 bits per heavy atom. The molecule has 0 heterocycles. The standard InChI is InChI=1S/C9H14F3N2O3.HI.Zn/c1-6(13-8(16)9(10,11)12)4-5-7(15)14(2)17-3;;/h6H,1,4-5H2,2-3H3,(H,13,16);1H;/p-1/t6-;;/m1../s1. The van der Waals surface area contributed by atoms with Gasteiger partial charge >= 0.3 is 6.18 Å². The van der Waals surface area contributed by atoms with Gasteiger partial charge in [0.2, 0.25) is 5.91 Å².